The Labute approximate surface area is 157 Å². The number of aromatic nitrogens is 2. The molecule has 2 aliphatic rings. The molecule has 0 bridgehead atoms. The summed E-state index contributed by atoms with van der Waals surface area (Å²) in [5.41, 5.74) is 3.25. The van der Waals surface area contributed by atoms with E-state index in [0.29, 0.717) is 31.7 Å². The van der Waals surface area contributed by atoms with Crippen LogP contribution >= 0.6 is 0 Å². The zero-order chi connectivity index (χ0) is 19.0. The van der Waals surface area contributed by atoms with Gasteiger partial charge in [-0.15, -0.1) is 0 Å². The van der Waals surface area contributed by atoms with Crippen molar-refractivity contribution in [1.29, 1.82) is 0 Å². The second-order valence-corrected chi connectivity index (χ2v) is 7.19. The van der Waals surface area contributed by atoms with Crippen molar-refractivity contribution in [3.05, 3.63) is 52.8 Å². The summed E-state index contributed by atoms with van der Waals surface area (Å²) in [6.07, 6.45) is 3.63. The lowest BCUT2D eigenvalue weighted by atomic mass is 9.93. The molecule has 1 atom stereocenters. The Morgan fingerprint density at radius 1 is 1.19 bits per heavy atom. The number of hydrogen-bond acceptors (Lipinski definition) is 4. The van der Waals surface area contributed by atoms with E-state index in [1.165, 1.54) is 4.90 Å². The van der Waals surface area contributed by atoms with Gasteiger partial charge >= 0.3 is 5.97 Å². The van der Waals surface area contributed by atoms with Crippen LogP contribution in [0.25, 0.3) is 0 Å². The van der Waals surface area contributed by atoms with Gasteiger partial charge in [0.25, 0.3) is 5.91 Å². The third-order valence-electron chi connectivity index (χ3n) is 5.61. The number of fused-ring (bicyclic) bond motifs is 1. The van der Waals surface area contributed by atoms with Gasteiger partial charge in [-0.1, -0.05) is 24.3 Å². The van der Waals surface area contributed by atoms with Gasteiger partial charge in [0, 0.05) is 31.9 Å². The Kier molecular flexibility index (Phi) is 4.70. The predicted octanol–water partition coefficient (Wildman–Crippen LogP) is 2.19. The van der Waals surface area contributed by atoms with E-state index in [9.17, 15) is 14.7 Å². The molecule has 1 fully saturated rings. The highest BCUT2D eigenvalue weighted by Crippen LogP contribution is 2.28. The third-order valence-corrected chi connectivity index (χ3v) is 5.61. The van der Waals surface area contributed by atoms with Gasteiger partial charge in [-0.25, -0.2) is 4.79 Å². The van der Waals surface area contributed by atoms with Gasteiger partial charge < -0.3 is 14.7 Å². The number of aliphatic carboxylic acids is 1. The predicted molar refractivity (Wildman–Crippen MR) is 97.5 cm³/mol. The number of carbonyl (C=O) groups is 2. The number of carboxylic acids is 1. The number of rotatable bonds is 3. The summed E-state index contributed by atoms with van der Waals surface area (Å²) in [7, 11) is 0. The van der Waals surface area contributed by atoms with Crippen LogP contribution in [0, 0.1) is 6.92 Å². The lowest BCUT2D eigenvalue weighted by Crippen LogP contribution is -2.48. The van der Waals surface area contributed by atoms with Gasteiger partial charge in [-0.3, -0.25) is 9.48 Å². The first-order chi connectivity index (χ1) is 13.1. The summed E-state index contributed by atoms with van der Waals surface area (Å²) in [6, 6.07) is 7.05. The molecular formula is C20H23N3O4. The Balaban J connectivity index is 1.63. The fourth-order valence-corrected chi connectivity index (χ4v) is 4.04. The van der Waals surface area contributed by atoms with Gasteiger partial charge in [0.1, 0.15) is 6.04 Å². The minimum atomic E-state index is -0.979. The molecule has 0 aliphatic carbocycles. The van der Waals surface area contributed by atoms with Crippen molar-refractivity contribution in [3.63, 3.8) is 0 Å². The van der Waals surface area contributed by atoms with Crippen LogP contribution in [-0.2, 0) is 22.5 Å². The smallest absolute Gasteiger partial charge is 0.326 e. The first-order valence-electron chi connectivity index (χ1n) is 9.28. The molecule has 2 aromatic rings. The van der Waals surface area contributed by atoms with E-state index in [1.807, 2.05) is 35.9 Å². The van der Waals surface area contributed by atoms with Gasteiger partial charge in [-0.2, -0.15) is 5.10 Å². The van der Waals surface area contributed by atoms with E-state index in [0.717, 1.165) is 29.7 Å². The molecule has 1 unspecified atom stereocenters. The molecule has 1 saturated heterocycles. The standard InChI is InChI=1S/C20H23N3O4/c1-13-17(11-21-23(13)16-6-8-27-9-7-16)19(24)22-12-15-5-3-2-4-14(15)10-18(22)20(25)26/h2-5,11,16,18H,6-10,12H2,1H3,(H,25,26). The van der Waals surface area contributed by atoms with Crippen molar-refractivity contribution >= 4 is 11.9 Å². The maximum Gasteiger partial charge on any atom is 0.326 e. The van der Waals surface area contributed by atoms with Crippen LogP contribution in [0.1, 0.15) is 46.1 Å². The quantitative estimate of drug-likeness (QED) is 0.897. The second-order valence-electron chi connectivity index (χ2n) is 7.19. The van der Waals surface area contributed by atoms with E-state index in [-0.39, 0.29) is 11.9 Å². The Morgan fingerprint density at radius 2 is 1.89 bits per heavy atom. The maximum atomic E-state index is 13.2. The van der Waals surface area contributed by atoms with Crippen LogP contribution in [0.4, 0.5) is 0 Å². The molecule has 142 valence electrons. The van der Waals surface area contributed by atoms with Crippen LogP contribution in [0.2, 0.25) is 0 Å². The summed E-state index contributed by atoms with van der Waals surface area (Å²) in [5, 5.41) is 14.1. The van der Waals surface area contributed by atoms with Crippen molar-refractivity contribution in [2.75, 3.05) is 13.2 Å². The van der Waals surface area contributed by atoms with Gasteiger partial charge in [-0.05, 0) is 30.9 Å². The minimum absolute atomic E-state index is 0.220. The zero-order valence-corrected chi connectivity index (χ0v) is 15.3. The van der Waals surface area contributed by atoms with E-state index < -0.39 is 12.0 Å². The van der Waals surface area contributed by atoms with Crippen LogP contribution in [-0.4, -0.2) is 50.9 Å². The minimum Gasteiger partial charge on any atom is -0.480 e. The first kappa shape index (κ1) is 17.7. The average molecular weight is 369 g/mol. The highest BCUT2D eigenvalue weighted by molar-refractivity contribution is 5.97. The summed E-state index contributed by atoms with van der Waals surface area (Å²) >= 11 is 0. The van der Waals surface area contributed by atoms with Gasteiger partial charge in [0.15, 0.2) is 0 Å². The zero-order valence-electron chi connectivity index (χ0n) is 15.3. The average Bonchev–Trinajstić information content (AvgIpc) is 3.08. The molecule has 1 aromatic heterocycles. The van der Waals surface area contributed by atoms with Gasteiger partial charge in [0.05, 0.1) is 17.8 Å². The fraction of sp³-hybridized carbons (Fsp3) is 0.450. The molecule has 3 heterocycles. The number of carboxylic acid groups (broad SMARTS) is 1. The Bertz CT molecular complexity index is 870. The molecule has 7 nitrogen and oxygen atoms in total. The van der Waals surface area contributed by atoms with Crippen molar-refractivity contribution in [1.82, 2.24) is 14.7 Å². The molecular weight excluding hydrogens is 346 g/mol. The number of benzene rings is 1. The van der Waals surface area contributed by atoms with Crippen LogP contribution in [0.3, 0.4) is 0 Å². The summed E-state index contributed by atoms with van der Waals surface area (Å²) < 4.78 is 7.29. The number of carbonyl (C=O) groups excluding carboxylic acids is 1. The van der Waals surface area contributed by atoms with Crippen molar-refractivity contribution in [2.24, 2.45) is 0 Å². The second kappa shape index (κ2) is 7.15. The number of nitrogens with zero attached hydrogens (tertiary/aromatic N) is 3. The summed E-state index contributed by atoms with van der Waals surface area (Å²) in [4.78, 5) is 26.5. The van der Waals surface area contributed by atoms with Crippen molar-refractivity contribution < 1.29 is 19.4 Å². The van der Waals surface area contributed by atoms with Crippen molar-refractivity contribution in [2.45, 2.75) is 44.8 Å². The molecule has 7 heteroatoms. The Hall–Kier alpha value is -2.67. The lowest BCUT2D eigenvalue weighted by Gasteiger charge is -2.34. The van der Waals surface area contributed by atoms with E-state index in [4.69, 9.17) is 4.74 Å². The van der Waals surface area contributed by atoms with E-state index in [2.05, 4.69) is 5.10 Å². The summed E-state index contributed by atoms with van der Waals surface area (Å²) in [6.45, 7) is 3.56. The highest BCUT2D eigenvalue weighted by atomic mass is 16.5. The molecule has 0 radical (unpaired) electrons. The number of amides is 1. The SMILES string of the molecule is Cc1c(C(=O)N2Cc3ccccc3CC2C(=O)O)cnn1C1CCOCC1. The number of hydrogen-bond donors (Lipinski definition) is 1. The highest BCUT2D eigenvalue weighted by Gasteiger charge is 2.36. The largest absolute Gasteiger partial charge is 0.480 e. The molecule has 4 rings (SSSR count). The normalized spacial score (nSPS) is 20.3. The van der Waals surface area contributed by atoms with E-state index in [1.54, 1.807) is 6.20 Å². The molecule has 2 aliphatic heterocycles. The number of ether oxygens (including phenoxy) is 1. The molecule has 0 spiro atoms. The van der Waals surface area contributed by atoms with Crippen LogP contribution in [0.15, 0.2) is 30.5 Å². The fourth-order valence-electron chi connectivity index (χ4n) is 4.04. The first-order valence-corrected chi connectivity index (χ1v) is 9.28. The molecule has 1 N–H and O–H groups in total. The Morgan fingerprint density at radius 3 is 2.59 bits per heavy atom. The molecule has 27 heavy (non-hydrogen) atoms. The molecule has 0 saturated carbocycles. The monoisotopic (exact) mass is 369 g/mol. The molecule has 1 aromatic carbocycles. The lowest BCUT2D eigenvalue weighted by molar-refractivity contribution is -0.142. The van der Waals surface area contributed by atoms with Crippen molar-refractivity contribution in [3.8, 4) is 0 Å². The van der Waals surface area contributed by atoms with Crippen LogP contribution in [0.5, 0.6) is 0 Å². The maximum absolute atomic E-state index is 13.2. The van der Waals surface area contributed by atoms with E-state index >= 15 is 0 Å². The van der Waals surface area contributed by atoms with Crippen LogP contribution < -0.4 is 0 Å². The third kappa shape index (κ3) is 3.23. The molecule has 1 amide bonds. The topological polar surface area (TPSA) is 84.7 Å². The van der Waals surface area contributed by atoms with Gasteiger partial charge in [0.2, 0.25) is 0 Å². The summed E-state index contributed by atoms with van der Waals surface area (Å²) in [5.74, 6) is -1.25.